The lowest BCUT2D eigenvalue weighted by Crippen LogP contribution is -2.66. The molecule has 7 rings (SSSR count). The van der Waals surface area contributed by atoms with Crippen molar-refractivity contribution in [2.24, 2.45) is 45.3 Å². The van der Waals surface area contributed by atoms with Crippen LogP contribution in [0.25, 0.3) is 0 Å². The Hall–Kier alpha value is -1.12. The zero-order valence-corrected chi connectivity index (χ0v) is 34.3. The second-order valence-corrected chi connectivity index (χ2v) is 19.8. The average molecular weight is 813 g/mol. The summed E-state index contributed by atoms with van der Waals surface area (Å²) in [6.07, 6.45) is -7.35. The molecule has 57 heavy (non-hydrogen) atoms. The molecule has 4 aliphatic carbocycles. The topological polar surface area (TPSA) is 248 Å². The first kappa shape index (κ1) is 44.0. The Balaban J connectivity index is 1.13. The van der Waals surface area contributed by atoms with E-state index in [4.69, 9.17) is 23.7 Å². The van der Waals surface area contributed by atoms with Crippen molar-refractivity contribution in [2.45, 2.75) is 179 Å². The third-order valence-electron chi connectivity index (χ3n) is 16.7. The summed E-state index contributed by atoms with van der Waals surface area (Å²) in [6.45, 7) is 13.3. The minimum Gasteiger partial charge on any atom is -0.394 e. The molecule has 3 saturated carbocycles. The summed E-state index contributed by atoms with van der Waals surface area (Å²) in [5.74, 6) is -0.356. The predicted molar refractivity (Wildman–Crippen MR) is 201 cm³/mol. The van der Waals surface area contributed by atoms with E-state index in [1.165, 1.54) is 0 Å². The minimum absolute atomic E-state index is 0.0416. The minimum atomic E-state index is -1.61. The second kappa shape index (κ2) is 15.3. The number of rotatable bonds is 10. The molecule has 326 valence electrons. The molecule has 22 unspecified atom stereocenters. The van der Waals surface area contributed by atoms with Crippen LogP contribution in [0.2, 0.25) is 0 Å². The third kappa shape index (κ3) is 6.32. The van der Waals surface area contributed by atoms with Gasteiger partial charge in [0.05, 0.1) is 25.4 Å². The maximum atomic E-state index is 12.2. The molecule has 15 nitrogen and oxygen atoms in total. The van der Waals surface area contributed by atoms with Crippen molar-refractivity contribution in [3.63, 3.8) is 0 Å². The Morgan fingerprint density at radius 1 is 0.772 bits per heavy atom. The van der Waals surface area contributed by atoms with Gasteiger partial charge in [0.15, 0.2) is 18.9 Å². The summed E-state index contributed by atoms with van der Waals surface area (Å²) in [6, 6.07) is 0. The second-order valence-electron chi connectivity index (χ2n) is 19.8. The number of allylic oxidation sites excluding steroid dienone is 2. The zero-order valence-electron chi connectivity index (χ0n) is 34.3. The number of fused-ring (bicyclic) bond motifs is 2. The van der Waals surface area contributed by atoms with Gasteiger partial charge in [0, 0.05) is 16.7 Å². The van der Waals surface area contributed by atoms with E-state index in [0.29, 0.717) is 19.3 Å². The van der Waals surface area contributed by atoms with Gasteiger partial charge in [0.25, 0.3) is 0 Å². The highest BCUT2D eigenvalue weighted by Gasteiger charge is 2.78. The highest BCUT2D eigenvalue weighted by atomic mass is 16.7. The van der Waals surface area contributed by atoms with E-state index in [0.717, 1.165) is 24.8 Å². The van der Waals surface area contributed by atoms with Crippen LogP contribution in [0.1, 0.15) is 87.0 Å². The number of hydrogen-bond acceptors (Lipinski definition) is 15. The molecule has 22 atom stereocenters. The summed E-state index contributed by atoms with van der Waals surface area (Å²) in [7, 11) is 0. The van der Waals surface area contributed by atoms with Crippen molar-refractivity contribution in [2.75, 3.05) is 13.2 Å². The average Bonchev–Trinajstić information content (AvgIpc) is 3.53. The number of ether oxygens (including phenoxy) is 5. The zero-order chi connectivity index (χ0) is 41.8. The van der Waals surface area contributed by atoms with E-state index in [1.54, 1.807) is 6.08 Å². The van der Waals surface area contributed by atoms with Crippen LogP contribution in [0.5, 0.6) is 0 Å². The Morgan fingerprint density at radius 3 is 1.96 bits per heavy atom. The molecule has 1 spiro atoms. The van der Waals surface area contributed by atoms with Gasteiger partial charge in [0.2, 0.25) is 0 Å². The van der Waals surface area contributed by atoms with Gasteiger partial charge in [-0.05, 0) is 81.0 Å². The lowest BCUT2D eigenvalue weighted by molar-refractivity contribution is -0.330. The van der Waals surface area contributed by atoms with E-state index in [-0.39, 0.29) is 34.5 Å². The van der Waals surface area contributed by atoms with Gasteiger partial charge in [-0.15, -0.1) is 0 Å². The van der Waals surface area contributed by atoms with Gasteiger partial charge < -0.3 is 74.7 Å². The summed E-state index contributed by atoms with van der Waals surface area (Å²) in [5, 5.41) is 107. The van der Waals surface area contributed by atoms with Crippen LogP contribution in [0, 0.1) is 45.3 Å². The molecule has 3 saturated heterocycles. The monoisotopic (exact) mass is 812 g/mol. The summed E-state index contributed by atoms with van der Waals surface area (Å²) >= 11 is 0. The molecule has 3 aliphatic heterocycles. The molecular formula is C42H68O15. The van der Waals surface area contributed by atoms with Crippen LogP contribution < -0.4 is 0 Å². The smallest absolute Gasteiger partial charge is 0.187 e. The molecule has 0 amide bonds. The molecule has 3 heterocycles. The highest BCUT2D eigenvalue weighted by molar-refractivity contribution is 5.34. The normalized spacial score (nSPS) is 53.0. The van der Waals surface area contributed by atoms with Crippen molar-refractivity contribution in [1.82, 2.24) is 0 Å². The molecule has 7 aliphatic rings. The van der Waals surface area contributed by atoms with E-state index >= 15 is 0 Å². The molecule has 6 fully saturated rings. The number of aliphatic hydroxyl groups is 10. The van der Waals surface area contributed by atoms with E-state index in [1.807, 2.05) is 34.6 Å². The maximum absolute atomic E-state index is 12.2. The molecule has 10 N–H and O–H groups in total. The highest BCUT2D eigenvalue weighted by Crippen LogP contribution is 2.78. The Morgan fingerprint density at radius 2 is 1.37 bits per heavy atom. The fourth-order valence-electron chi connectivity index (χ4n) is 13.2. The van der Waals surface area contributed by atoms with Gasteiger partial charge >= 0.3 is 0 Å². The largest absolute Gasteiger partial charge is 0.394 e. The fourth-order valence-corrected chi connectivity index (χ4v) is 13.2. The van der Waals surface area contributed by atoms with Crippen molar-refractivity contribution in [3.05, 3.63) is 23.8 Å². The summed E-state index contributed by atoms with van der Waals surface area (Å²) < 4.78 is 30.8. The van der Waals surface area contributed by atoms with Gasteiger partial charge in [-0.1, -0.05) is 58.4 Å². The fraction of sp³-hybridized carbons (Fsp3) is 0.905. The Bertz CT molecular complexity index is 1520. The standard InChI is InChI=1S/C42H68O15/c1-19(2)16-22(53-35-33(50)31(48)29(46)23(17-43)54-35)28(45)20(3)21-10-12-40(7)25-11-13-42-26(41(25,37(52)57-42)15-14-39(21,40)6)8-9-27(38(42,4)5)56-36-34(51)32(49)30(47)24(18-44)55-36/h11,13,16,20-37,43-52H,8-10,12,14-15,17-18H2,1-7H3. The molecule has 15 heteroatoms. The molecular weight excluding hydrogens is 744 g/mol. The maximum Gasteiger partial charge on any atom is 0.187 e. The first-order chi connectivity index (χ1) is 26.7. The molecule has 0 aromatic rings. The molecule has 0 radical (unpaired) electrons. The SMILES string of the molecule is CC(C)=CC(OC1OC(CO)C(O)C(O)C1O)C(O)C(C)C1CCC2(C)C3C=CC45OC(O)C3(CCC12C)C4CCC(OC1OC(CO)C(O)C(O)C1O)C5(C)C. The van der Waals surface area contributed by atoms with E-state index in [2.05, 4.69) is 26.0 Å². The molecule has 0 aromatic heterocycles. The van der Waals surface area contributed by atoms with Gasteiger partial charge in [-0.2, -0.15) is 0 Å². The lowest BCUT2D eigenvalue weighted by Gasteiger charge is -2.65. The van der Waals surface area contributed by atoms with Crippen molar-refractivity contribution in [1.29, 1.82) is 0 Å². The van der Waals surface area contributed by atoms with Crippen LogP contribution in [-0.4, -0.2) is 156 Å². The van der Waals surface area contributed by atoms with Gasteiger partial charge in [0.1, 0.15) is 60.5 Å². The van der Waals surface area contributed by atoms with Gasteiger partial charge in [-0.25, -0.2) is 0 Å². The van der Waals surface area contributed by atoms with Crippen LogP contribution in [0.4, 0.5) is 0 Å². The summed E-state index contributed by atoms with van der Waals surface area (Å²) in [4.78, 5) is 0. The Kier molecular flexibility index (Phi) is 11.8. The van der Waals surface area contributed by atoms with Gasteiger partial charge in [-0.3, -0.25) is 0 Å². The summed E-state index contributed by atoms with van der Waals surface area (Å²) in [5.41, 5.74) is -1.94. The van der Waals surface area contributed by atoms with Crippen LogP contribution >= 0.6 is 0 Å². The van der Waals surface area contributed by atoms with Crippen molar-refractivity contribution in [3.8, 4) is 0 Å². The first-order valence-corrected chi connectivity index (χ1v) is 21.0. The van der Waals surface area contributed by atoms with E-state index < -0.39 is 116 Å². The predicted octanol–water partition coefficient (Wildman–Crippen LogP) is 0.232. The first-order valence-electron chi connectivity index (χ1n) is 21.0. The Labute approximate surface area is 335 Å². The number of aliphatic hydroxyl groups excluding tert-OH is 10. The van der Waals surface area contributed by atoms with Crippen molar-refractivity contribution >= 4 is 0 Å². The molecule has 2 bridgehead atoms. The third-order valence-corrected chi connectivity index (χ3v) is 16.7. The van der Waals surface area contributed by atoms with Crippen LogP contribution in [0.3, 0.4) is 0 Å². The van der Waals surface area contributed by atoms with Crippen molar-refractivity contribution < 1.29 is 74.7 Å². The van der Waals surface area contributed by atoms with Crippen LogP contribution in [0.15, 0.2) is 23.8 Å². The molecule has 0 aromatic carbocycles. The quantitative estimate of drug-likeness (QED) is 0.133. The van der Waals surface area contributed by atoms with E-state index in [9.17, 15) is 51.1 Å². The lowest BCUT2D eigenvalue weighted by atomic mass is 9.38. The van der Waals surface area contributed by atoms with Crippen LogP contribution in [-0.2, 0) is 23.7 Å². The number of hydrogen-bond donors (Lipinski definition) is 10.